The van der Waals surface area contributed by atoms with Gasteiger partial charge in [-0.25, -0.2) is 0 Å². The molecule has 1 N–H and O–H groups in total. The minimum absolute atomic E-state index is 0.146. The van der Waals surface area contributed by atoms with Crippen LogP contribution >= 0.6 is 0 Å². The van der Waals surface area contributed by atoms with E-state index in [1.165, 1.54) is 6.08 Å². The Morgan fingerprint density at radius 2 is 1.92 bits per heavy atom. The van der Waals surface area contributed by atoms with Crippen molar-refractivity contribution in [1.29, 1.82) is 0 Å². The molecule has 0 bridgehead atoms. The summed E-state index contributed by atoms with van der Waals surface area (Å²) >= 11 is 0. The van der Waals surface area contributed by atoms with Gasteiger partial charge in [0.25, 0.3) is 0 Å². The van der Waals surface area contributed by atoms with Crippen molar-refractivity contribution >= 4 is 12.0 Å². The van der Waals surface area contributed by atoms with Crippen molar-refractivity contribution in [2.45, 2.75) is 26.8 Å². The van der Waals surface area contributed by atoms with Gasteiger partial charge in [-0.2, -0.15) is 0 Å². The summed E-state index contributed by atoms with van der Waals surface area (Å²) in [6.07, 6.45) is 3.32. The largest absolute Gasteiger partial charge is 0.496 e. The fourth-order valence-electron chi connectivity index (χ4n) is 2.55. The van der Waals surface area contributed by atoms with Crippen LogP contribution in [0.3, 0.4) is 0 Å². The van der Waals surface area contributed by atoms with E-state index in [0.29, 0.717) is 6.61 Å². The van der Waals surface area contributed by atoms with Crippen molar-refractivity contribution in [3.63, 3.8) is 0 Å². The molecule has 132 valence electrons. The lowest BCUT2D eigenvalue weighted by atomic mass is 10.0. The number of ether oxygens (including phenoxy) is 2. The zero-order valence-corrected chi connectivity index (χ0v) is 15.2. The van der Waals surface area contributed by atoms with Gasteiger partial charge in [0, 0.05) is 11.6 Å². The first-order valence-corrected chi connectivity index (χ1v) is 8.39. The molecular formula is C21H25NO3. The van der Waals surface area contributed by atoms with Crippen molar-refractivity contribution in [2.24, 2.45) is 0 Å². The maximum absolute atomic E-state index is 12.2. The summed E-state index contributed by atoms with van der Waals surface area (Å²) in [6, 6.07) is 13.4. The fraction of sp³-hybridized carbons (Fsp3) is 0.286. The van der Waals surface area contributed by atoms with Gasteiger partial charge in [-0.1, -0.05) is 29.8 Å². The monoisotopic (exact) mass is 339 g/mol. The third-order valence-corrected chi connectivity index (χ3v) is 3.83. The second-order valence-corrected chi connectivity index (χ2v) is 5.81. The summed E-state index contributed by atoms with van der Waals surface area (Å²) < 4.78 is 10.8. The quantitative estimate of drug-likeness (QED) is 0.765. The molecule has 0 aliphatic carbocycles. The number of nitrogens with one attached hydrogen (secondary N) is 1. The molecule has 0 saturated heterocycles. The van der Waals surface area contributed by atoms with Gasteiger partial charge in [0.15, 0.2) is 0 Å². The van der Waals surface area contributed by atoms with E-state index in [-0.39, 0.29) is 11.9 Å². The molecule has 1 unspecified atom stereocenters. The topological polar surface area (TPSA) is 47.6 Å². The minimum Gasteiger partial charge on any atom is -0.496 e. The molecule has 25 heavy (non-hydrogen) atoms. The van der Waals surface area contributed by atoms with Gasteiger partial charge in [-0.15, -0.1) is 0 Å². The van der Waals surface area contributed by atoms with Gasteiger partial charge in [0.2, 0.25) is 5.91 Å². The van der Waals surface area contributed by atoms with Crippen LogP contribution in [-0.2, 0) is 4.79 Å². The molecule has 2 aromatic carbocycles. The SMILES string of the molecule is CCOc1ccc(/C=C/C(=O)NC(C)c2cc(C)ccc2OC)cc1. The summed E-state index contributed by atoms with van der Waals surface area (Å²) in [7, 11) is 1.63. The van der Waals surface area contributed by atoms with E-state index in [0.717, 1.165) is 28.2 Å². The van der Waals surface area contributed by atoms with Crippen molar-refractivity contribution in [3.8, 4) is 11.5 Å². The Labute approximate surface area is 149 Å². The molecule has 0 aliphatic rings. The maximum Gasteiger partial charge on any atom is 0.244 e. The van der Waals surface area contributed by atoms with Gasteiger partial charge in [-0.05, 0) is 50.6 Å². The molecule has 2 aromatic rings. The third kappa shape index (κ3) is 5.38. The van der Waals surface area contributed by atoms with Crippen molar-refractivity contribution in [3.05, 3.63) is 65.2 Å². The smallest absolute Gasteiger partial charge is 0.244 e. The van der Waals surface area contributed by atoms with Crippen LogP contribution in [0.25, 0.3) is 6.08 Å². The van der Waals surface area contributed by atoms with Crippen molar-refractivity contribution in [1.82, 2.24) is 5.32 Å². The van der Waals surface area contributed by atoms with Gasteiger partial charge < -0.3 is 14.8 Å². The molecule has 1 amide bonds. The van der Waals surface area contributed by atoms with E-state index in [9.17, 15) is 4.79 Å². The maximum atomic E-state index is 12.2. The highest BCUT2D eigenvalue weighted by Gasteiger charge is 2.13. The zero-order chi connectivity index (χ0) is 18.2. The average Bonchev–Trinajstić information content (AvgIpc) is 2.61. The first-order chi connectivity index (χ1) is 12.0. The number of hydrogen-bond donors (Lipinski definition) is 1. The zero-order valence-electron chi connectivity index (χ0n) is 15.2. The molecule has 0 radical (unpaired) electrons. The highest BCUT2D eigenvalue weighted by molar-refractivity contribution is 5.92. The molecule has 0 heterocycles. The number of aryl methyl sites for hydroxylation is 1. The lowest BCUT2D eigenvalue weighted by Crippen LogP contribution is -2.25. The fourth-order valence-corrected chi connectivity index (χ4v) is 2.55. The molecule has 1 atom stereocenters. The Hall–Kier alpha value is -2.75. The van der Waals surface area contributed by atoms with Crippen LogP contribution < -0.4 is 14.8 Å². The second kappa shape index (κ2) is 8.92. The molecule has 2 rings (SSSR count). The Morgan fingerprint density at radius 1 is 1.20 bits per heavy atom. The summed E-state index contributed by atoms with van der Waals surface area (Å²) in [5.74, 6) is 1.45. The summed E-state index contributed by atoms with van der Waals surface area (Å²) in [4.78, 5) is 12.2. The number of rotatable bonds is 7. The normalized spacial score (nSPS) is 12.0. The van der Waals surface area contributed by atoms with E-state index >= 15 is 0 Å². The molecule has 4 heteroatoms. The van der Waals surface area contributed by atoms with E-state index in [2.05, 4.69) is 5.32 Å². The molecular weight excluding hydrogens is 314 g/mol. The molecule has 4 nitrogen and oxygen atoms in total. The Bertz CT molecular complexity index is 735. The highest BCUT2D eigenvalue weighted by Crippen LogP contribution is 2.26. The Balaban J connectivity index is 2.00. The van der Waals surface area contributed by atoms with E-state index in [1.807, 2.05) is 63.2 Å². The molecule has 0 fully saturated rings. The lowest BCUT2D eigenvalue weighted by molar-refractivity contribution is -0.117. The third-order valence-electron chi connectivity index (χ3n) is 3.83. The van der Waals surface area contributed by atoms with Crippen LogP contribution in [0, 0.1) is 6.92 Å². The number of amides is 1. The number of carbonyl (C=O) groups excluding carboxylic acids is 1. The summed E-state index contributed by atoms with van der Waals surface area (Å²) in [5, 5.41) is 2.97. The molecule has 0 aromatic heterocycles. The number of methoxy groups -OCH3 is 1. The number of carbonyl (C=O) groups is 1. The second-order valence-electron chi connectivity index (χ2n) is 5.81. The van der Waals surface area contributed by atoms with E-state index < -0.39 is 0 Å². The van der Waals surface area contributed by atoms with Gasteiger partial charge in [0.05, 0.1) is 19.8 Å². The van der Waals surface area contributed by atoms with E-state index in [1.54, 1.807) is 13.2 Å². The van der Waals surface area contributed by atoms with Crippen molar-refractivity contribution < 1.29 is 14.3 Å². The Morgan fingerprint density at radius 3 is 2.56 bits per heavy atom. The minimum atomic E-state index is -0.148. The van der Waals surface area contributed by atoms with Crippen LogP contribution in [0.2, 0.25) is 0 Å². The standard InChI is InChI=1S/C21H25NO3/c1-5-25-18-10-7-17(8-11-18)9-13-21(23)22-16(3)19-14-15(2)6-12-20(19)24-4/h6-14,16H,5H2,1-4H3,(H,22,23)/b13-9+. The van der Waals surface area contributed by atoms with Crippen LogP contribution in [0.4, 0.5) is 0 Å². The van der Waals surface area contributed by atoms with Crippen molar-refractivity contribution in [2.75, 3.05) is 13.7 Å². The van der Waals surface area contributed by atoms with Crippen LogP contribution in [0.5, 0.6) is 11.5 Å². The summed E-state index contributed by atoms with van der Waals surface area (Å²) in [6.45, 7) is 6.55. The number of benzene rings is 2. The summed E-state index contributed by atoms with van der Waals surface area (Å²) in [5.41, 5.74) is 3.03. The first-order valence-electron chi connectivity index (χ1n) is 8.39. The first kappa shape index (κ1) is 18.6. The van der Waals surface area contributed by atoms with E-state index in [4.69, 9.17) is 9.47 Å². The van der Waals surface area contributed by atoms with Gasteiger partial charge in [-0.3, -0.25) is 4.79 Å². The molecule has 0 saturated carbocycles. The van der Waals surface area contributed by atoms with Crippen LogP contribution in [0.15, 0.2) is 48.5 Å². The number of hydrogen-bond acceptors (Lipinski definition) is 3. The van der Waals surface area contributed by atoms with Crippen LogP contribution in [-0.4, -0.2) is 19.6 Å². The van der Waals surface area contributed by atoms with Crippen LogP contribution in [0.1, 0.15) is 36.6 Å². The van der Waals surface area contributed by atoms with Gasteiger partial charge in [0.1, 0.15) is 11.5 Å². The molecule has 0 aliphatic heterocycles. The molecule has 0 spiro atoms. The Kier molecular flexibility index (Phi) is 6.63. The predicted molar refractivity (Wildman–Crippen MR) is 101 cm³/mol. The average molecular weight is 339 g/mol. The predicted octanol–water partition coefficient (Wildman–Crippen LogP) is 4.29. The lowest BCUT2D eigenvalue weighted by Gasteiger charge is -2.17. The van der Waals surface area contributed by atoms with Gasteiger partial charge >= 0.3 is 0 Å². The highest BCUT2D eigenvalue weighted by atomic mass is 16.5.